The van der Waals surface area contributed by atoms with Crippen LogP contribution < -0.4 is 0 Å². The molecule has 100 valence electrons. The van der Waals surface area contributed by atoms with Gasteiger partial charge in [0, 0.05) is 25.8 Å². The van der Waals surface area contributed by atoms with Gasteiger partial charge in [-0.15, -0.1) is 0 Å². The first-order valence-corrected chi connectivity index (χ1v) is 6.56. The summed E-state index contributed by atoms with van der Waals surface area (Å²) in [6.45, 7) is 2.55. The van der Waals surface area contributed by atoms with Crippen molar-refractivity contribution in [2.24, 2.45) is 7.05 Å². The van der Waals surface area contributed by atoms with Crippen LogP contribution in [0.25, 0.3) is 0 Å². The average Bonchev–Trinajstić information content (AvgIpc) is 2.75. The van der Waals surface area contributed by atoms with E-state index in [4.69, 9.17) is 0 Å². The molecular formula is C13H21N3O2. The summed E-state index contributed by atoms with van der Waals surface area (Å²) >= 11 is 0. The van der Waals surface area contributed by atoms with Crippen molar-refractivity contribution in [3.8, 4) is 0 Å². The lowest BCUT2D eigenvalue weighted by Gasteiger charge is -2.36. The number of carbonyl (C=O) groups excluding carboxylic acids is 1. The lowest BCUT2D eigenvalue weighted by molar-refractivity contribution is 0.0508. The molecule has 1 aromatic heterocycles. The van der Waals surface area contributed by atoms with Gasteiger partial charge in [-0.2, -0.15) is 5.10 Å². The Bertz CT molecular complexity index is 414. The highest BCUT2D eigenvalue weighted by Gasteiger charge is 2.29. The monoisotopic (exact) mass is 251 g/mol. The summed E-state index contributed by atoms with van der Waals surface area (Å²) < 4.78 is 1.64. The van der Waals surface area contributed by atoms with Gasteiger partial charge in [-0.1, -0.05) is 0 Å². The van der Waals surface area contributed by atoms with E-state index in [0.717, 1.165) is 25.8 Å². The van der Waals surface area contributed by atoms with Gasteiger partial charge >= 0.3 is 0 Å². The molecule has 1 aromatic rings. The standard InChI is InChI=1S/C13H21N3O2/c1-10(17)9-11-5-3-4-7-16(11)13(18)12-6-8-15(2)14-12/h6,8,10-11,17H,3-5,7,9H2,1-2H3. The Kier molecular flexibility index (Phi) is 4.01. The Morgan fingerprint density at radius 2 is 2.39 bits per heavy atom. The summed E-state index contributed by atoms with van der Waals surface area (Å²) in [5.41, 5.74) is 0.495. The van der Waals surface area contributed by atoms with Crippen LogP contribution in [0.15, 0.2) is 12.3 Å². The first-order valence-electron chi connectivity index (χ1n) is 6.56. The van der Waals surface area contributed by atoms with Crippen molar-refractivity contribution < 1.29 is 9.90 Å². The van der Waals surface area contributed by atoms with E-state index < -0.39 is 0 Å². The zero-order chi connectivity index (χ0) is 13.1. The van der Waals surface area contributed by atoms with Crippen LogP contribution in [0, 0.1) is 0 Å². The van der Waals surface area contributed by atoms with Crippen LogP contribution in [0.3, 0.4) is 0 Å². The zero-order valence-corrected chi connectivity index (χ0v) is 11.0. The van der Waals surface area contributed by atoms with Gasteiger partial charge < -0.3 is 10.0 Å². The number of hydrogen-bond acceptors (Lipinski definition) is 3. The molecule has 5 heteroatoms. The van der Waals surface area contributed by atoms with Gasteiger partial charge in [0.05, 0.1) is 6.10 Å². The number of nitrogens with zero attached hydrogens (tertiary/aromatic N) is 3. The molecule has 1 fully saturated rings. The molecule has 1 aliphatic rings. The van der Waals surface area contributed by atoms with Crippen LogP contribution in [0.5, 0.6) is 0 Å². The lowest BCUT2D eigenvalue weighted by Crippen LogP contribution is -2.45. The number of piperidine rings is 1. The van der Waals surface area contributed by atoms with E-state index in [9.17, 15) is 9.90 Å². The summed E-state index contributed by atoms with van der Waals surface area (Å²) in [5.74, 6) is -0.0130. The third-order valence-corrected chi connectivity index (χ3v) is 3.43. The maximum atomic E-state index is 12.4. The van der Waals surface area contributed by atoms with Crippen molar-refractivity contribution >= 4 is 5.91 Å². The summed E-state index contributed by atoms with van der Waals surface area (Å²) in [5, 5.41) is 13.7. The number of amides is 1. The second-order valence-corrected chi connectivity index (χ2v) is 5.11. The third kappa shape index (κ3) is 2.90. The maximum absolute atomic E-state index is 12.4. The van der Waals surface area contributed by atoms with E-state index in [1.54, 1.807) is 30.9 Å². The highest BCUT2D eigenvalue weighted by molar-refractivity contribution is 5.92. The fraction of sp³-hybridized carbons (Fsp3) is 0.692. The van der Waals surface area contributed by atoms with Crippen molar-refractivity contribution in [2.75, 3.05) is 6.54 Å². The largest absolute Gasteiger partial charge is 0.393 e. The van der Waals surface area contributed by atoms with E-state index in [0.29, 0.717) is 12.1 Å². The molecule has 2 rings (SSSR count). The summed E-state index contributed by atoms with van der Waals surface area (Å²) in [6, 6.07) is 1.89. The van der Waals surface area contributed by atoms with E-state index in [1.807, 2.05) is 4.90 Å². The van der Waals surface area contributed by atoms with E-state index in [-0.39, 0.29) is 18.1 Å². The first-order chi connectivity index (χ1) is 8.58. The molecule has 1 saturated heterocycles. The van der Waals surface area contributed by atoms with Crippen molar-refractivity contribution in [1.82, 2.24) is 14.7 Å². The van der Waals surface area contributed by atoms with Gasteiger partial charge in [-0.05, 0) is 38.7 Å². The van der Waals surface area contributed by atoms with Crippen LogP contribution in [-0.4, -0.2) is 44.4 Å². The Morgan fingerprint density at radius 3 is 3.00 bits per heavy atom. The maximum Gasteiger partial charge on any atom is 0.274 e. The molecule has 0 aromatic carbocycles. The smallest absolute Gasteiger partial charge is 0.274 e. The molecule has 2 heterocycles. The molecule has 1 aliphatic heterocycles. The van der Waals surface area contributed by atoms with Crippen molar-refractivity contribution in [2.45, 2.75) is 44.8 Å². The molecule has 5 nitrogen and oxygen atoms in total. The van der Waals surface area contributed by atoms with Crippen LogP contribution >= 0.6 is 0 Å². The molecule has 0 saturated carbocycles. The van der Waals surface area contributed by atoms with Crippen molar-refractivity contribution in [3.63, 3.8) is 0 Å². The van der Waals surface area contributed by atoms with Gasteiger partial charge in [0.25, 0.3) is 5.91 Å². The predicted octanol–water partition coefficient (Wildman–Crippen LogP) is 1.19. The van der Waals surface area contributed by atoms with Crippen LogP contribution in [0.1, 0.15) is 43.1 Å². The van der Waals surface area contributed by atoms with Crippen LogP contribution in [0.2, 0.25) is 0 Å². The number of likely N-dealkylation sites (tertiary alicyclic amines) is 1. The van der Waals surface area contributed by atoms with Gasteiger partial charge in [0.15, 0.2) is 0 Å². The molecule has 0 radical (unpaired) electrons. The molecule has 2 atom stereocenters. The van der Waals surface area contributed by atoms with Crippen molar-refractivity contribution in [3.05, 3.63) is 18.0 Å². The molecule has 1 amide bonds. The highest BCUT2D eigenvalue weighted by atomic mass is 16.3. The fourth-order valence-corrected chi connectivity index (χ4v) is 2.58. The van der Waals surface area contributed by atoms with Crippen LogP contribution in [-0.2, 0) is 7.05 Å². The quantitative estimate of drug-likeness (QED) is 0.877. The normalized spacial score (nSPS) is 21.9. The first kappa shape index (κ1) is 13.1. The minimum absolute atomic E-state index is 0.0130. The van der Waals surface area contributed by atoms with Gasteiger partial charge in [0.2, 0.25) is 0 Å². The Morgan fingerprint density at radius 1 is 1.61 bits per heavy atom. The minimum atomic E-state index is -0.368. The van der Waals surface area contributed by atoms with Crippen molar-refractivity contribution in [1.29, 1.82) is 0 Å². The number of hydrogen-bond donors (Lipinski definition) is 1. The molecule has 0 bridgehead atoms. The van der Waals surface area contributed by atoms with Gasteiger partial charge in [-0.25, -0.2) is 0 Å². The van der Waals surface area contributed by atoms with E-state index in [1.165, 1.54) is 0 Å². The third-order valence-electron chi connectivity index (χ3n) is 3.43. The van der Waals surface area contributed by atoms with Gasteiger partial charge in [-0.3, -0.25) is 9.48 Å². The summed E-state index contributed by atoms with van der Waals surface area (Å²) in [4.78, 5) is 14.2. The lowest BCUT2D eigenvalue weighted by atomic mass is 9.97. The predicted molar refractivity (Wildman–Crippen MR) is 68.2 cm³/mol. The van der Waals surface area contributed by atoms with Gasteiger partial charge in [0.1, 0.15) is 5.69 Å². The second kappa shape index (κ2) is 5.52. The summed E-state index contributed by atoms with van der Waals surface area (Å²) in [7, 11) is 1.81. The molecule has 0 aliphatic carbocycles. The molecule has 18 heavy (non-hydrogen) atoms. The number of rotatable bonds is 3. The molecule has 2 unspecified atom stereocenters. The molecule has 1 N–H and O–H groups in total. The van der Waals surface area contributed by atoms with E-state index >= 15 is 0 Å². The SMILES string of the molecule is CC(O)CC1CCCCN1C(=O)c1ccn(C)n1. The second-order valence-electron chi connectivity index (χ2n) is 5.11. The van der Waals surface area contributed by atoms with E-state index in [2.05, 4.69) is 5.10 Å². The number of aliphatic hydroxyl groups is 1. The minimum Gasteiger partial charge on any atom is -0.393 e. The number of aromatic nitrogens is 2. The molecular weight excluding hydrogens is 230 g/mol. The average molecular weight is 251 g/mol. The fourth-order valence-electron chi connectivity index (χ4n) is 2.58. The Labute approximate surface area is 107 Å². The zero-order valence-electron chi connectivity index (χ0n) is 11.0. The number of aliphatic hydroxyl groups excluding tert-OH is 1. The highest BCUT2D eigenvalue weighted by Crippen LogP contribution is 2.22. The number of carbonyl (C=O) groups is 1. The van der Waals surface area contributed by atoms with Crippen LogP contribution in [0.4, 0.5) is 0 Å². The Balaban J connectivity index is 2.10. The topological polar surface area (TPSA) is 58.4 Å². The molecule has 0 spiro atoms. The Hall–Kier alpha value is -1.36. The number of aryl methyl sites for hydroxylation is 1. The summed E-state index contributed by atoms with van der Waals surface area (Å²) in [6.07, 6.45) is 5.20.